The number of ether oxygens (including phenoxy) is 1. The number of nitrogens with zero attached hydrogens (tertiary/aromatic N) is 4. The molecular formula is C23H26BrClF2N4O. The van der Waals surface area contributed by atoms with E-state index in [0.29, 0.717) is 47.6 Å². The number of rotatable bonds is 4. The average molecular weight is 528 g/mol. The van der Waals surface area contributed by atoms with Crippen LogP contribution in [0.2, 0.25) is 5.02 Å². The van der Waals surface area contributed by atoms with Crippen molar-refractivity contribution in [3.63, 3.8) is 0 Å². The Bertz CT molecular complexity index is 1060. The number of piperidine rings is 1. The minimum Gasteiger partial charge on any atom is -0.461 e. The van der Waals surface area contributed by atoms with Crippen molar-refractivity contribution < 1.29 is 13.5 Å². The highest BCUT2D eigenvalue weighted by molar-refractivity contribution is 9.10. The number of anilines is 1. The van der Waals surface area contributed by atoms with E-state index < -0.39 is 12.0 Å². The van der Waals surface area contributed by atoms with Crippen LogP contribution in [0.3, 0.4) is 0 Å². The fraction of sp³-hybridized carbons (Fsp3) is 0.652. The Morgan fingerprint density at radius 2 is 2.00 bits per heavy atom. The van der Waals surface area contributed by atoms with Gasteiger partial charge in [-0.2, -0.15) is 9.97 Å². The summed E-state index contributed by atoms with van der Waals surface area (Å²) in [4.78, 5) is 13.6. The van der Waals surface area contributed by atoms with Crippen LogP contribution in [-0.2, 0) is 0 Å². The van der Waals surface area contributed by atoms with Gasteiger partial charge in [0.05, 0.1) is 15.0 Å². The molecule has 4 fully saturated rings. The average Bonchev–Trinajstić information content (AvgIpc) is 3.41. The number of benzene rings is 1. The Labute approximate surface area is 199 Å². The summed E-state index contributed by atoms with van der Waals surface area (Å²) in [5.41, 5.74) is -0.101. The maximum absolute atomic E-state index is 15.2. The Balaban J connectivity index is 1.38. The van der Waals surface area contributed by atoms with Crippen molar-refractivity contribution in [3.05, 3.63) is 21.4 Å². The van der Waals surface area contributed by atoms with E-state index >= 15 is 4.39 Å². The first-order valence-electron chi connectivity index (χ1n) is 11.5. The third-order valence-corrected chi connectivity index (χ3v) is 9.23. The monoisotopic (exact) mass is 526 g/mol. The van der Waals surface area contributed by atoms with Crippen molar-refractivity contribution in [3.8, 4) is 6.01 Å². The molecule has 2 unspecified atom stereocenters. The number of alkyl halides is 1. The molecule has 2 aromatic rings. The lowest BCUT2D eigenvalue weighted by atomic mass is 9.95. The molecule has 172 valence electrons. The Morgan fingerprint density at radius 1 is 1.22 bits per heavy atom. The predicted octanol–water partition coefficient (Wildman–Crippen LogP) is 5.38. The zero-order valence-electron chi connectivity index (χ0n) is 17.8. The van der Waals surface area contributed by atoms with E-state index in [4.69, 9.17) is 21.3 Å². The molecule has 0 N–H and O–H groups in total. The van der Waals surface area contributed by atoms with E-state index in [9.17, 15) is 4.39 Å². The smallest absolute Gasteiger partial charge is 0.319 e. The molecule has 1 saturated carbocycles. The van der Waals surface area contributed by atoms with E-state index in [1.165, 1.54) is 19.3 Å². The minimum absolute atomic E-state index is 0.155. The van der Waals surface area contributed by atoms with Crippen LogP contribution in [0.1, 0.15) is 38.5 Å². The first kappa shape index (κ1) is 21.3. The Hall–Kier alpha value is -1.25. The van der Waals surface area contributed by atoms with Gasteiger partial charge in [0, 0.05) is 31.4 Å². The van der Waals surface area contributed by atoms with Gasteiger partial charge >= 0.3 is 6.01 Å². The molecule has 0 spiro atoms. The predicted molar refractivity (Wildman–Crippen MR) is 124 cm³/mol. The van der Waals surface area contributed by atoms with Gasteiger partial charge in [-0.05, 0) is 72.5 Å². The van der Waals surface area contributed by atoms with Crippen molar-refractivity contribution in [2.24, 2.45) is 11.8 Å². The fourth-order valence-corrected chi connectivity index (χ4v) is 6.97. The van der Waals surface area contributed by atoms with E-state index in [2.05, 4.69) is 30.7 Å². The van der Waals surface area contributed by atoms with Crippen LogP contribution >= 0.6 is 27.5 Å². The molecule has 2 bridgehead atoms. The topological polar surface area (TPSA) is 41.5 Å². The lowest BCUT2D eigenvalue weighted by Gasteiger charge is -2.34. The SMILES string of the molecule is Fc1c(Br)c(Cl)cc2c(N3CC4CCC(C4)C3)nc(OC[C@@]34CCCN3C[C@H](F)C4)nc12. The number of aromatic nitrogens is 2. The standard InChI is InChI=1S/C23H26BrClF2N4O/c24-18-17(25)7-16-20(19(18)27)28-22(29-21(16)30-9-13-2-3-14(6-13)10-30)32-12-23-4-1-5-31(23)11-15(26)8-23/h7,13-15H,1-6,8-12H2/t13?,14?,15-,23+/m1/s1. The normalized spacial score (nSPS) is 32.1. The summed E-state index contributed by atoms with van der Waals surface area (Å²) in [7, 11) is 0. The molecule has 5 nitrogen and oxygen atoms in total. The van der Waals surface area contributed by atoms with Crippen LogP contribution < -0.4 is 9.64 Å². The molecule has 3 saturated heterocycles. The maximum Gasteiger partial charge on any atom is 0.319 e. The van der Waals surface area contributed by atoms with Gasteiger partial charge < -0.3 is 9.64 Å². The Kier molecular flexibility index (Phi) is 5.26. The quantitative estimate of drug-likeness (QED) is 0.500. The van der Waals surface area contributed by atoms with Gasteiger partial charge in [0.1, 0.15) is 24.1 Å². The molecule has 4 atom stereocenters. The number of hydrogen-bond donors (Lipinski definition) is 0. The van der Waals surface area contributed by atoms with Gasteiger partial charge in [0.2, 0.25) is 0 Å². The van der Waals surface area contributed by atoms with E-state index in [1.54, 1.807) is 6.07 Å². The first-order chi connectivity index (χ1) is 15.4. The molecule has 9 heteroatoms. The molecule has 4 heterocycles. The number of halogens is 4. The summed E-state index contributed by atoms with van der Waals surface area (Å²) in [5.74, 6) is 1.46. The zero-order valence-corrected chi connectivity index (χ0v) is 20.1. The van der Waals surface area contributed by atoms with Gasteiger partial charge in [-0.15, -0.1) is 0 Å². The van der Waals surface area contributed by atoms with Crippen molar-refractivity contribution in [1.82, 2.24) is 14.9 Å². The largest absolute Gasteiger partial charge is 0.461 e. The van der Waals surface area contributed by atoms with Crippen molar-refractivity contribution >= 4 is 44.3 Å². The summed E-state index contributed by atoms with van der Waals surface area (Å²) in [6.45, 7) is 3.48. The molecule has 0 radical (unpaired) electrons. The molecule has 1 aromatic carbocycles. The number of fused-ring (bicyclic) bond motifs is 4. The van der Waals surface area contributed by atoms with E-state index in [0.717, 1.165) is 32.5 Å². The van der Waals surface area contributed by atoms with Gasteiger partial charge in [-0.25, -0.2) is 8.78 Å². The third kappa shape index (κ3) is 3.48. The molecule has 3 aliphatic heterocycles. The van der Waals surface area contributed by atoms with Gasteiger partial charge in [0.25, 0.3) is 0 Å². The lowest BCUT2D eigenvalue weighted by molar-refractivity contribution is 0.107. The molecule has 32 heavy (non-hydrogen) atoms. The first-order valence-corrected chi connectivity index (χ1v) is 12.7. The van der Waals surface area contributed by atoms with Crippen LogP contribution in [0.5, 0.6) is 6.01 Å². The third-order valence-electron chi connectivity index (χ3n) is 7.92. The number of hydrogen-bond acceptors (Lipinski definition) is 5. The van der Waals surface area contributed by atoms with Gasteiger partial charge in [-0.3, -0.25) is 4.90 Å². The summed E-state index contributed by atoms with van der Waals surface area (Å²) in [6.07, 6.45) is 5.31. The highest BCUT2D eigenvalue weighted by Crippen LogP contribution is 2.43. The highest BCUT2D eigenvalue weighted by Gasteiger charge is 2.49. The minimum atomic E-state index is -0.827. The van der Waals surface area contributed by atoms with Crippen molar-refractivity contribution in [2.75, 3.05) is 37.7 Å². The second-order valence-corrected chi connectivity index (χ2v) is 11.2. The van der Waals surface area contributed by atoms with Gasteiger partial charge in [0.15, 0.2) is 5.82 Å². The molecule has 4 aliphatic rings. The van der Waals surface area contributed by atoms with Gasteiger partial charge in [-0.1, -0.05) is 11.6 Å². The van der Waals surface area contributed by atoms with Crippen molar-refractivity contribution in [2.45, 2.75) is 50.2 Å². The molecule has 6 rings (SSSR count). The van der Waals surface area contributed by atoms with Crippen molar-refractivity contribution in [1.29, 1.82) is 0 Å². The van der Waals surface area contributed by atoms with Crippen LogP contribution in [0.4, 0.5) is 14.6 Å². The maximum atomic E-state index is 15.2. The van der Waals surface area contributed by atoms with E-state index in [1.807, 2.05) is 0 Å². The summed E-state index contributed by atoms with van der Waals surface area (Å²) in [6, 6.07) is 1.89. The van der Waals surface area contributed by atoms with Crippen LogP contribution in [-0.4, -0.2) is 59.4 Å². The fourth-order valence-electron chi connectivity index (χ4n) is 6.47. The second-order valence-electron chi connectivity index (χ2n) is 10.0. The zero-order chi connectivity index (χ0) is 22.0. The molecular weight excluding hydrogens is 502 g/mol. The van der Waals surface area contributed by atoms with Crippen LogP contribution in [0, 0.1) is 17.7 Å². The molecule has 0 amide bonds. The van der Waals surface area contributed by atoms with Crippen LogP contribution in [0.25, 0.3) is 10.9 Å². The van der Waals surface area contributed by atoms with Crippen LogP contribution in [0.15, 0.2) is 10.5 Å². The molecule has 1 aromatic heterocycles. The summed E-state index contributed by atoms with van der Waals surface area (Å²) in [5, 5.41) is 0.906. The summed E-state index contributed by atoms with van der Waals surface area (Å²) >= 11 is 9.54. The lowest BCUT2D eigenvalue weighted by Crippen LogP contribution is -2.43. The molecule has 1 aliphatic carbocycles. The Morgan fingerprint density at radius 3 is 2.78 bits per heavy atom. The highest BCUT2D eigenvalue weighted by atomic mass is 79.9. The summed E-state index contributed by atoms with van der Waals surface area (Å²) < 4.78 is 35.6. The second kappa shape index (κ2) is 7.91. The van der Waals surface area contributed by atoms with E-state index in [-0.39, 0.29) is 21.5 Å².